The summed E-state index contributed by atoms with van der Waals surface area (Å²) in [6.45, 7) is 1.09. The highest BCUT2D eigenvalue weighted by Gasteiger charge is 2.21. The predicted octanol–water partition coefficient (Wildman–Crippen LogP) is 5.28. The van der Waals surface area contributed by atoms with Gasteiger partial charge in [-0.2, -0.15) is 0 Å². The lowest BCUT2D eigenvalue weighted by Crippen LogP contribution is -2.34. The van der Waals surface area contributed by atoms with Crippen molar-refractivity contribution in [2.75, 3.05) is 0 Å². The van der Waals surface area contributed by atoms with Gasteiger partial charge >= 0.3 is 0 Å². The van der Waals surface area contributed by atoms with Crippen LogP contribution in [0.25, 0.3) is 21.8 Å². The van der Waals surface area contributed by atoms with Crippen LogP contribution >= 0.6 is 23.2 Å². The van der Waals surface area contributed by atoms with E-state index in [1.807, 2.05) is 64.0 Å². The summed E-state index contributed by atoms with van der Waals surface area (Å²) in [6, 6.07) is 24.3. The minimum atomic E-state index is 0.488. The van der Waals surface area contributed by atoms with E-state index >= 15 is 0 Å². The zero-order valence-corrected chi connectivity index (χ0v) is 17.0. The van der Waals surface area contributed by atoms with Gasteiger partial charge in [0.05, 0.1) is 22.4 Å². The van der Waals surface area contributed by atoms with Gasteiger partial charge in [-0.1, -0.05) is 48.5 Å². The second-order valence-corrected chi connectivity index (χ2v) is 7.66. The fourth-order valence-electron chi connectivity index (χ4n) is 3.47. The molecule has 0 aliphatic carbocycles. The molecular formula is C23H17Cl2N4+. The van der Waals surface area contributed by atoms with E-state index in [2.05, 4.69) is 24.3 Å². The molecule has 0 unspecified atom stereocenters. The number of benzene rings is 2. The van der Waals surface area contributed by atoms with Crippen LogP contribution in [0.1, 0.15) is 11.4 Å². The first kappa shape index (κ1) is 18.1. The molecule has 0 amide bonds. The Bertz CT molecular complexity index is 1240. The van der Waals surface area contributed by atoms with Crippen molar-refractivity contribution in [1.82, 2.24) is 14.5 Å². The van der Waals surface area contributed by atoms with Gasteiger partial charge in [0.1, 0.15) is 13.1 Å². The summed E-state index contributed by atoms with van der Waals surface area (Å²) in [4.78, 5) is 9.45. The van der Waals surface area contributed by atoms with E-state index in [1.165, 1.54) is 0 Å². The highest BCUT2D eigenvalue weighted by molar-refractivity contribution is 6.39. The van der Waals surface area contributed by atoms with Gasteiger partial charge in [0, 0.05) is 10.8 Å². The fourth-order valence-corrected chi connectivity index (χ4v) is 3.89. The Balaban J connectivity index is 1.43. The molecule has 0 saturated heterocycles. The molecule has 29 heavy (non-hydrogen) atoms. The molecule has 0 spiro atoms. The number of para-hydroxylation sites is 2. The molecular weight excluding hydrogens is 403 g/mol. The number of hydrogen-bond donors (Lipinski definition) is 0. The van der Waals surface area contributed by atoms with Gasteiger partial charge in [0.2, 0.25) is 6.33 Å². The first-order valence-electron chi connectivity index (χ1n) is 9.30. The maximum atomic E-state index is 6.51. The molecule has 6 heteroatoms. The summed E-state index contributed by atoms with van der Waals surface area (Å²) >= 11 is 13.0. The molecule has 4 nitrogen and oxygen atoms in total. The summed E-state index contributed by atoms with van der Waals surface area (Å²) in [7, 11) is 0. The summed E-state index contributed by atoms with van der Waals surface area (Å²) < 4.78 is 3.81. The van der Waals surface area contributed by atoms with E-state index in [0.717, 1.165) is 33.2 Å². The summed E-state index contributed by atoms with van der Waals surface area (Å²) in [5, 5.41) is 3.21. The van der Waals surface area contributed by atoms with Crippen LogP contribution in [0.4, 0.5) is 0 Å². The smallest absolute Gasteiger partial charge is 0.249 e. The first-order chi connectivity index (χ1) is 14.2. The molecule has 5 aromatic rings. The van der Waals surface area contributed by atoms with Crippen LogP contribution in [0.3, 0.4) is 0 Å². The van der Waals surface area contributed by atoms with Crippen LogP contribution in [0.15, 0.2) is 79.1 Å². The Hall–Kier alpha value is -2.95. The second kappa shape index (κ2) is 7.47. The third kappa shape index (κ3) is 3.57. The number of fused-ring (bicyclic) bond motifs is 2. The molecule has 2 aromatic carbocycles. The van der Waals surface area contributed by atoms with Crippen LogP contribution in [0, 0.1) is 0 Å². The molecule has 3 heterocycles. The molecule has 0 saturated carbocycles. The van der Waals surface area contributed by atoms with Crippen molar-refractivity contribution in [1.29, 1.82) is 0 Å². The monoisotopic (exact) mass is 419 g/mol. The van der Waals surface area contributed by atoms with Crippen LogP contribution in [0.2, 0.25) is 10.3 Å². The van der Waals surface area contributed by atoms with Crippen molar-refractivity contribution in [2.45, 2.75) is 13.1 Å². The van der Waals surface area contributed by atoms with Gasteiger partial charge in [0.25, 0.3) is 10.3 Å². The van der Waals surface area contributed by atoms with Crippen molar-refractivity contribution < 1.29 is 4.57 Å². The molecule has 5 rings (SSSR count). The second-order valence-electron chi connectivity index (χ2n) is 6.94. The molecule has 3 aromatic heterocycles. The van der Waals surface area contributed by atoms with E-state index in [0.29, 0.717) is 23.4 Å². The van der Waals surface area contributed by atoms with E-state index < -0.39 is 0 Å². The van der Waals surface area contributed by atoms with Crippen LogP contribution in [0.5, 0.6) is 0 Å². The minimum absolute atomic E-state index is 0.488. The number of imidazole rings is 1. The van der Waals surface area contributed by atoms with Gasteiger partial charge in [-0.25, -0.2) is 19.1 Å². The van der Waals surface area contributed by atoms with Gasteiger partial charge in [-0.15, -0.1) is 0 Å². The van der Waals surface area contributed by atoms with Crippen LogP contribution < -0.4 is 4.57 Å². The van der Waals surface area contributed by atoms with E-state index in [-0.39, 0.29) is 0 Å². The third-order valence-electron chi connectivity index (χ3n) is 4.93. The third-order valence-corrected chi connectivity index (χ3v) is 5.82. The zero-order chi connectivity index (χ0) is 19.8. The zero-order valence-electron chi connectivity index (χ0n) is 15.5. The quantitative estimate of drug-likeness (QED) is 0.371. The molecule has 0 fully saturated rings. The number of nitrogens with zero attached hydrogens (tertiary/aromatic N) is 4. The van der Waals surface area contributed by atoms with Gasteiger partial charge in [0.15, 0.2) is 0 Å². The normalized spacial score (nSPS) is 11.4. The van der Waals surface area contributed by atoms with Crippen molar-refractivity contribution >= 4 is 45.0 Å². The highest BCUT2D eigenvalue weighted by Crippen LogP contribution is 2.21. The Labute approximate surface area is 178 Å². The molecule has 0 atom stereocenters. The summed E-state index contributed by atoms with van der Waals surface area (Å²) in [6.07, 6.45) is 1.92. The number of halogens is 2. The van der Waals surface area contributed by atoms with Crippen molar-refractivity contribution in [3.05, 3.63) is 101 Å². The van der Waals surface area contributed by atoms with Gasteiger partial charge < -0.3 is 0 Å². The largest absolute Gasteiger partial charge is 0.255 e. The Morgan fingerprint density at radius 2 is 1.31 bits per heavy atom. The van der Waals surface area contributed by atoms with Crippen LogP contribution in [-0.4, -0.2) is 14.5 Å². The molecule has 0 bridgehead atoms. The van der Waals surface area contributed by atoms with E-state index in [1.54, 1.807) is 0 Å². The standard InChI is InChI=1S/C23H17Cl2N4/c24-22-23(25)29(14-19-12-10-17-6-2-4-8-21(17)27-19)15-28(22)13-18-11-9-16-5-1-3-7-20(16)26-18/h1-12,15H,13-14H2/q+1. The SMILES string of the molecule is Clc1c(Cl)[n+](Cc2ccc3ccccc3n2)cn1Cc1ccc2ccccc2n1. The summed E-state index contributed by atoms with van der Waals surface area (Å²) in [5.74, 6) is 0. The van der Waals surface area contributed by atoms with Crippen LogP contribution in [-0.2, 0) is 13.1 Å². The van der Waals surface area contributed by atoms with Gasteiger partial charge in [-0.3, -0.25) is 0 Å². The number of rotatable bonds is 4. The molecule has 142 valence electrons. The Morgan fingerprint density at radius 1 is 0.724 bits per heavy atom. The van der Waals surface area contributed by atoms with Crippen molar-refractivity contribution in [2.24, 2.45) is 0 Å². The highest BCUT2D eigenvalue weighted by atomic mass is 35.5. The number of pyridine rings is 2. The lowest BCUT2D eigenvalue weighted by molar-refractivity contribution is -0.686. The fraction of sp³-hybridized carbons (Fsp3) is 0.0870. The maximum absolute atomic E-state index is 6.51. The molecule has 0 radical (unpaired) electrons. The first-order valence-corrected chi connectivity index (χ1v) is 10.1. The topological polar surface area (TPSA) is 34.6 Å². The maximum Gasteiger partial charge on any atom is 0.255 e. The number of aromatic nitrogens is 4. The number of hydrogen-bond acceptors (Lipinski definition) is 2. The van der Waals surface area contributed by atoms with Crippen molar-refractivity contribution in [3.63, 3.8) is 0 Å². The molecule has 0 aliphatic heterocycles. The Morgan fingerprint density at radius 3 is 2.00 bits per heavy atom. The molecule has 0 aliphatic rings. The molecule has 0 N–H and O–H groups in total. The van der Waals surface area contributed by atoms with E-state index in [9.17, 15) is 0 Å². The average Bonchev–Trinajstić information content (AvgIpc) is 3.01. The Kier molecular flexibility index (Phi) is 4.66. The van der Waals surface area contributed by atoms with E-state index in [4.69, 9.17) is 33.2 Å². The van der Waals surface area contributed by atoms with Gasteiger partial charge in [-0.05, 0) is 47.5 Å². The summed E-state index contributed by atoms with van der Waals surface area (Å²) in [5.41, 5.74) is 3.78. The minimum Gasteiger partial charge on any atom is -0.249 e. The predicted molar refractivity (Wildman–Crippen MR) is 116 cm³/mol. The lowest BCUT2D eigenvalue weighted by Gasteiger charge is -2.02. The van der Waals surface area contributed by atoms with Crippen molar-refractivity contribution in [3.8, 4) is 0 Å². The lowest BCUT2D eigenvalue weighted by atomic mass is 10.2. The average molecular weight is 420 g/mol.